The molecule has 2 rings (SSSR count). The monoisotopic (exact) mass is 197 g/mol. The molecule has 1 aliphatic rings. The lowest BCUT2D eigenvalue weighted by Crippen LogP contribution is -2.30. The van der Waals surface area contributed by atoms with E-state index in [1.165, 1.54) is 12.8 Å². The summed E-state index contributed by atoms with van der Waals surface area (Å²) in [6, 6.07) is 3.96. The van der Waals surface area contributed by atoms with Crippen molar-refractivity contribution in [1.29, 1.82) is 0 Å². The van der Waals surface area contributed by atoms with Crippen LogP contribution in [0.4, 0.5) is 0 Å². The van der Waals surface area contributed by atoms with Crippen molar-refractivity contribution in [2.75, 3.05) is 0 Å². The molecule has 13 heavy (non-hydrogen) atoms. The van der Waals surface area contributed by atoms with Crippen molar-refractivity contribution >= 4 is 11.6 Å². The molecule has 0 saturated heterocycles. The summed E-state index contributed by atoms with van der Waals surface area (Å²) < 4.78 is 0. The number of hydrogen-bond donors (Lipinski definition) is 2. The number of aromatic nitrogens is 1. The third-order valence-corrected chi connectivity index (χ3v) is 2.57. The van der Waals surface area contributed by atoms with Gasteiger partial charge >= 0.3 is 0 Å². The molecule has 0 amide bonds. The van der Waals surface area contributed by atoms with Crippen LogP contribution in [0.5, 0.6) is 0 Å². The quantitative estimate of drug-likeness (QED) is 0.572. The van der Waals surface area contributed by atoms with Gasteiger partial charge in [0.2, 0.25) is 0 Å². The maximum atomic E-state index is 5.74. The van der Waals surface area contributed by atoms with E-state index >= 15 is 0 Å². The molecule has 70 valence electrons. The first kappa shape index (κ1) is 8.94. The van der Waals surface area contributed by atoms with Crippen molar-refractivity contribution in [3.63, 3.8) is 0 Å². The van der Waals surface area contributed by atoms with Crippen LogP contribution in [0, 0.1) is 5.92 Å². The standard InChI is InChI=1S/C9H12ClN3/c10-7-3-4-8(12-5-7)9(13-11)6-1-2-6/h3-6,9,13H,1-2,11H2. The zero-order valence-electron chi connectivity index (χ0n) is 7.20. The van der Waals surface area contributed by atoms with Crippen LogP contribution >= 0.6 is 11.6 Å². The van der Waals surface area contributed by atoms with Crippen LogP contribution < -0.4 is 11.3 Å². The van der Waals surface area contributed by atoms with E-state index in [0.717, 1.165) is 5.69 Å². The molecule has 0 bridgehead atoms. The summed E-state index contributed by atoms with van der Waals surface area (Å²) in [5, 5.41) is 0.662. The van der Waals surface area contributed by atoms with E-state index in [1.807, 2.05) is 12.1 Å². The van der Waals surface area contributed by atoms with Gasteiger partial charge in [-0.05, 0) is 30.9 Å². The highest BCUT2D eigenvalue weighted by Gasteiger charge is 2.32. The molecule has 1 saturated carbocycles. The number of nitrogens with zero attached hydrogens (tertiary/aromatic N) is 1. The second-order valence-corrected chi connectivity index (χ2v) is 3.82. The Bertz CT molecular complexity index is 281. The highest BCUT2D eigenvalue weighted by molar-refractivity contribution is 6.30. The van der Waals surface area contributed by atoms with E-state index in [2.05, 4.69) is 10.4 Å². The first-order valence-corrected chi connectivity index (χ1v) is 4.76. The van der Waals surface area contributed by atoms with E-state index in [0.29, 0.717) is 10.9 Å². The molecule has 0 radical (unpaired) electrons. The largest absolute Gasteiger partial charge is 0.271 e. The van der Waals surface area contributed by atoms with Gasteiger partial charge in [0.15, 0.2) is 0 Å². The van der Waals surface area contributed by atoms with Crippen molar-refractivity contribution in [1.82, 2.24) is 10.4 Å². The Labute approximate surface area is 82.3 Å². The number of hydrogen-bond acceptors (Lipinski definition) is 3. The van der Waals surface area contributed by atoms with Gasteiger partial charge in [0.05, 0.1) is 16.8 Å². The number of hydrazine groups is 1. The van der Waals surface area contributed by atoms with Crippen molar-refractivity contribution < 1.29 is 0 Å². The molecule has 0 aromatic carbocycles. The smallest absolute Gasteiger partial charge is 0.0660 e. The van der Waals surface area contributed by atoms with Gasteiger partial charge in [0.1, 0.15) is 0 Å². The summed E-state index contributed by atoms with van der Waals surface area (Å²) in [5.74, 6) is 6.11. The zero-order valence-corrected chi connectivity index (χ0v) is 7.96. The van der Waals surface area contributed by atoms with Gasteiger partial charge < -0.3 is 0 Å². The van der Waals surface area contributed by atoms with Crippen LogP contribution in [0.1, 0.15) is 24.6 Å². The van der Waals surface area contributed by atoms with Crippen molar-refractivity contribution in [2.45, 2.75) is 18.9 Å². The molecule has 0 aliphatic heterocycles. The molecule has 1 fully saturated rings. The molecule has 1 aromatic heterocycles. The van der Waals surface area contributed by atoms with Crippen molar-refractivity contribution in [3.05, 3.63) is 29.0 Å². The molecule has 1 aliphatic carbocycles. The second-order valence-electron chi connectivity index (χ2n) is 3.38. The average Bonchev–Trinajstić information content (AvgIpc) is 2.93. The van der Waals surface area contributed by atoms with E-state index in [1.54, 1.807) is 6.20 Å². The number of nitrogens with two attached hydrogens (primary N) is 1. The molecule has 4 heteroatoms. The van der Waals surface area contributed by atoms with Crippen LogP contribution in [0.2, 0.25) is 5.02 Å². The molecule has 1 heterocycles. The molecule has 0 spiro atoms. The summed E-state index contributed by atoms with van der Waals surface area (Å²) in [6.07, 6.45) is 4.13. The molecule has 1 aromatic rings. The minimum Gasteiger partial charge on any atom is -0.271 e. The van der Waals surface area contributed by atoms with Gasteiger partial charge in [-0.25, -0.2) is 0 Å². The lowest BCUT2D eigenvalue weighted by molar-refractivity contribution is 0.485. The van der Waals surface area contributed by atoms with Gasteiger partial charge in [0, 0.05) is 6.20 Å². The highest BCUT2D eigenvalue weighted by Crippen LogP contribution is 2.39. The summed E-state index contributed by atoms with van der Waals surface area (Å²) in [7, 11) is 0. The van der Waals surface area contributed by atoms with Crippen LogP contribution in [0.25, 0.3) is 0 Å². The van der Waals surface area contributed by atoms with Crippen LogP contribution in [0.15, 0.2) is 18.3 Å². The first-order valence-electron chi connectivity index (χ1n) is 4.39. The minimum absolute atomic E-state index is 0.192. The third-order valence-electron chi connectivity index (χ3n) is 2.34. The SMILES string of the molecule is NNC(c1ccc(Cl)cn1)C1CC1. The highest BCUT2D eigenvalue weighted by atomic mass is 35.5. The zero-order chi connectivity index (χ0) is 9.26. The Morgan fingerprint density at radius 2 is 2.31 bits per heavy atom. The van der Waals surface area contributed by atoms with Crippen molar-refractivity contribution in [3.8, 4) is 0 Å². The third kappa shape index (κ3) is 1.99. The Balaban J connectivity index is 2.17. The molecule has 3 nitrogen and oxygen atoms in total. The lowest BCUT2D eigenvalue weighted by atomic mass is 10.1. The average molecular weight is 198 g/mol. The first-order chi connectivity index (χ1) is 6.31. The minimum atomic E-state index is 0.192. The molecular formula is C9H12ClN3. The maximum Gasteiger partial charge on any atom is 0.0660 e. The molecule has 1 atom stereocenters. The predicted octanol–water partition coefficient (Wildman–Crippen LogP) is 1.65. The Morgan fingerprint density at radius 3 is 2.77 bits per heavy atom. The van der Waals surface area contributed by atoms with Gasteiger partial charge in [0.25, 0.3) is 0 Å². The lowest BCUT2D eigenvalue weighted by Gasteiger charge is -2.13. The number of pyridine rings is 1. The normalized spacial score (nSPS) is 18.6. The fourth-order valence-corrected chi connectivity index (χ4v) is 1.58. The number of rotatable bonds is 3. The van der Waals surface area contributed by atoms with E-state index in [4.69, 9.17) is 17.4 Å². The van der Waals surface area contributed by atoms with Crippen LogP contribution in [-0.4, -0.2) is 4.98 Å². The van der Waals surface area contributed by atoms with E-state index in [-0.39, 0.29) is 6.04 Å². The summed E-state index contributed by atoms with van der Waals surface area (Å²) in [4.78, 5) is 4.24. The van der Waals surface area contributed by atoms with Gasteiger partial charge in [-0.1, -0.05) is 11.6 Å². The van der Waals surface area contributed by atoms with Gasteiger partial charge in [-0.15, -0.1) is 0 Å². The number of halogens is 1. The van der Waals surface area contributed by atoms with Crippen molar-refractivity contribution in [2.24, 2.45) is 11.8 Å². The fourth-order valence-electron chi connectivity index (χ4n) is 1.46. The van der Waals surface area contributed by atoms with E-state index in [9.17, 15) is 0 Å². The van der Waals surface area contributed by atoms with Crippen LogP contribution in [-0.2, 0) is 0 Å². The Hall–Kier alpha value is -0.640. The maximum absolute atomic E-state index is 5.74. The topological polar surface area (TPSA) is 50.9 Å². The Morgan fingerprint density at radius 1 is 1.54 bits per heavy atom. The van der Waals surface area contributed by atoms with E-state index < -0.39 is 0 Å². The van der Waals surface area contributed by atoms with Gasteiger partial charge in [-0.3, -0.25) is 16.3 Å². The number of nitrogens with one attached hydrogen (secondary N) is 1. The molecular weight excluding hydrogens is 186 g/mol. The molecule has 3 N–H and O–H groups in total. The molecule has 1 unspecified atom stereocenters. The van der Waals surface area contributed by atoms with Crippen LogP contribution in [0.3, 0.4) is 0 Å². The summed E-state index contributed by atoms with van der Waals surface area (Å²) in [5.41, 5.74) is 3.78. The fraction of sp³-hybridized carbons (Fsp3) is 0.444. The summed E-state index contributed by atoms with van der Waals surface area (Å²) >= 11 is 5.74. The van der Waals surface area contributed by atoms with Gasteiger partial charge in [-0.2, -0.15) is 0 Å². The summed E-state index contributed by atoms with van der Waals surface area (Å²) in [6.45, 7) is 0. The second kappa shape index (κ2) is 3.62. The predicted molar refractivity (Wildman–Crippen MR) is 52.0 cm³/mol. The Kier molecular flexibility index (Phi) is 2.49.